The lowest BCUT2D eigenvalue weighted by molar-refractivity contribution is 0.589. The summed E-state index contributed by atoms with van der Waals surface area (Å²) >= 11 is 1.64. The molecule has 1 aliphatic heterocycles. The van der Waals surface area contributed by atoms with Crippen LogP contribution in [0.5, 0.6) is 0 Å². The van der Waals surface area contributed by atoms with E-state index in [1.807, 2.05) is 6.07 Å². The van der Waals surface area contributed by atoms with Crippen molar-refractivity contribution < 1.29 is 4.39 Å². The number of thiophene rings is 1. The number of nitrogens with two attached hydrogens (primary N) is 1. The van der Waals surface area contributed by atoms with E-state index in [0.717, 1.165) is 27.6 Å². The van der Waals surface area contributed by atoms with Gasteiger partial charge in [-0.2, -0.15) is 4.39 Å². The molecule has 0 unspecified atom stereocenters. The smallest absolute Gasteiger partial charge is 0.236 e. The van der Waals surface area contributed by atoms with Gasteiger partial charge in [0.05, 0.1) is 5.69 Å². The number of nitrogens with one attached hydrogen (secondary N) is 1. The van der Waals surface area contributed by atoms with Gasteiger partial charge >= 0.3 is 0 Å². The van der Waals surface area contributed by atoms with Crippen LogP contribution < -0.4 is 11.1 Å². The highest BCUT2D eigenvalue weighted by atomic mass is 32.1. The highest BCUT2D eigenvalue weighted by molar-refractivity contribution is 7.18. The summed E-state index contributed by atoms with van der Waals surface area (Å²) in [4.78, 5) is 5.86. The van der Waals surface area contributed by atoms with Crippen molar-refractivity contribution in [3.05, 3.63) is 66.2 Å². The van der Waals surface area contributed by atoms with Crippen molar-refractivity contribution in [1.82, 2.24) is 10.3 Å². The highest BCUT2D eigenvalue weighted by Crippen LogP contribution is 2.36. The molecule has 0 fully saturated rings. The molecule has 1 aliphatic rings. The Hall–Kier alpha value is -2.66. The molecule has 3 heterocycles. The Labute approximate surface area is 137 Å². The van der Waals surface area contributed by atoms with Gasteiger partial charge in [-0.15, -0.1) is 11.3 Å². The van der Waals surface area contributed by atoms with E-state index in [4.69, 9.17) is 5.73 Å². The summed E-state index contributed by atoms with van der Waals surface area (Å²) in [5.41, 5.74) is 11.1. The standard InChI is InChI=1S/C18H14FN3S/c1-10-14-3-2-11(6-12(14)8-21-10)16-4-5-17(23-16)13-7-15(20)18(19)22-9-13/h2-7,9,21H,1,8,20H2. The molecule has 0 saturated carbocycles. The molecule has 0 amide bonds. The number of anilines is 1. The highest BCUT2D eigenvalue weighted by Gasteiger charge is 2.15. The predicted octanol–water partition coefficient (Wildman–Crippen LogP) is 4.27. The van der Waals surface area contributed by atoms with Crippen molar-refractivity contribution in [2.24, 2.45) is 0 Å². The monoisotopic (exact) mass is 323 g/mol. The number of benzene rings is 1. The van der Waals surface area contributed by atoms with Crippen LogP contribution in [0.4, 0.5) is 10.1 Å². The first kappa shape index (κ1) is 14.0. The summed E-state index contributed by atoms with van der Waals surface area (Å²) in [6, 6.07) is 12.1. The summed E-state index contributed by atoms with van der Waals surface area (Å²) in [5.74, 6) is -0.628. The Morgan fingerprint density at radius 1 is 1.13 bits per heavy atom. The topological polar surface area (TPSA) is 50.9 Å². The molecule has 114 valence electrons. The number of nitrogens with zero attached hydrogens (tertiary/aromatic N) is 1. The summed E-state index contributed by atoms with van der Waals surface area (Å²) in [6.45, 7) is 4.82. The Bertz CT molecular complexity index is 930. The lowest BCUT2D eigenvalue weighted by Gasteiger charge is -2.02. The third kappa shape index (κ3) is 2.39. The van der Waals surface area contributed by atoms with E-state index in [2.05, 4.69) is 41.1 Å². The minimum atomic E-state index is -0.628. The second-order valence-corrected chi connectivity index (χ2v) is 6.56. The molecule has 0 radical (unpaired) electrons. The zero-order chi connectivity index (χ0) is 16.0. The Balaban J connectivity index is 1.70. The molecule has 0 aliphatic carbocycles. The predicted molar refractivity (Wildman–Crippen MR) is 93.2 cm³/mol. The summed E-state index contributed by atoms with van der Waals surface area (Å²) in [5, 5.41) is 3.26. The number of pyridine rings is 1. The molecular formula is C18H14FN3S. The Kier molecular flexibility index (Phi) is 3.16. The minimum absolute atomic E-state index is 0.0690. The third-order valence-corrected chi connectivity index (χ3v) is 5.15. The van der Waals surface area contributed by atoms with Gasteiger partial charge in [0, 0.05) is 39.3 Å². The average Bonchev–Trinajstić information content (AvgIpc) is 3.17. The fraction of sp³-hybridized carbons (Fsp3) is 0.0556. The van der Waals surface area contributed by atoms with E-state index in [-0.39, 0.29) is 5.69 Å². The van der Waals surface area contributed by atoms with Crippen LogP contribution in [-0.4, -0.2) is 4.98 Å². The van der Waals surface area contributed by atoms with Gasteiger partial charge in [-0.25, -0.2) is 4.98 Å². The molecule has 3 aromatic rings. The van der Waals surface area contributed by atoms with Crippen molar-refractivity contribution in [2.45, 2.75) is 6.54 Å². The normalized spacial score (nSPS) is 13.0. The van der Waals surface area contributed by atoms with Crippen molar-refractivity contribution in [1.29, 1.82) is 0 Å². The van der Waals surface area contributed by atoms with Gasteiger partial charge in [0.15, 0.2) is 0 Å². The number of halogens is 1. The van der Waals surface area contributed by atoms with E-state index in [0.29, 0.717) is 0 Å². The number of fused-ring (bicyclic) bond motifs is 1. The van der Waals surface area contributed by atoms with Gasteiger partial charge in [-0.05, 0) is 35.4 Å². The maximum Gasteiger partial charge on any atom is 0.236 e. The zero-order valence-corrected chi connectivity index (χ0v) is 13.1. The first-order chi connectivity index (χ1) is 11.1. The first-order valence-electron chi connectivity index (χ1n) is 7.19. The molecule has 0 atom stereocenters. The summed E-state index contributed by atoms with van der Waals surface area (Å²) in [6.07, 6.45) is 1.51. The fourth-order valence-electron chi connectivity index (χ4n) is 2.73. The maximum absolute atomic E-state index is 13.2. The molecule has 3 N–H and O–H groups in total. The molecule has 0 saturated heterocycles. The molecule has 1 aromatic carbocycles. The van der Waals surface area contributed by atoms with Gasteiger partial charge < -0.3 is 11.1 Å². The molecule has 5 heteroatoms. The Morgan fingerprint density at radius 3 is 2.70 bits per heavy atom. The van der Waals surface area contributed by atoms with Gasteiger partial charge in [0.2, 0.25) is 5.95 Å². The summed E-state index contributed by atoms with van der Waals surface area (Å²) < 4.78 is 13.2. The van der Waals surface area contributed by atoms with Crippen molar-refractivity contribution in [2.75, 3.05) is 5.73 Å². The second kappa shape index (κ2) is 5.21. The van der Waals surface area contributed by atoms with Crippen molar-refractivity contribution in [3.8, 4) is 20.9 Å². The largest absolute Gasteiger partial charge is 0.395 e. The van der Waals surface area contributed by atoms with Crippen molar-refractivity contribution in [3.63, 3.8) is 0 Å². The molecule has 0 spiro atoms. The number of rotatable bonds is 2. The molecular weight excluding hydrogens is 309 g/mol. The molecule has 0 bridgehead atoms. The average molecular weight is 323 g/mol. The van der Waals surface area contributed by atoms with E-state index < -0.39 is 5.95 Å². The van der Waals surface area contributed by atoms with Crippen LogP contribution >= 0.6 is 11.3 Å². The van der Waals surface area contributed by atoms with Crippen LogP contribution in [-0.2, 0) is 6.54 Å². The van der Waals surface area contributed by atoms with Crippen molar-refractivity contribution >= 4 is 22.7 Å². The fourth-order valence-corrected chi connectivity index (χ4v) is 3.72. The zero-order valence-electron chi connectivity index (χ0n) is 12.3. The van der Waals surface area contributed by atoms with Crippen LogP contribution in [0.2, 0.25) is 0 Å². The molecule has 2 aromatic heterocycles. The minimum Gasteiger partial charge on any atom is -0.395 e. The molecule has 4 rings (SSSR count). The van der Waals surface area contributed by atoms with Gasteiger partial charge in [-0.1, -0.05) is 18.7 Å². The van der Waals surface area contributed by atoms with Crippen LogP contribution in [0.15, 0.2) is 49.2 Å². The van der Waals surface area contributed by atoms with Gasteiger partial charge in [-0.3, -0.25) is 0 Å². The third-order valence-electron chi connectivity index (χ3n) is 3.96. The number of hydrogen-bond acceptors (Lipinski definition) is 4. The first-order valence-corrected chi connectivity index (χ1v) is 8.01. The van der Waals surface area contributed by atoms with E-state index in [9.17, 15) is 4.39 Å². The Morgan fingerprint density at radius 2 is 1.91 bits per heavy atom. The number of hydrogen-bond donors (Lipinski definition) is 2. The van der Waals surface area contributed by atoms with E-state index in [1.54, 1.807) is 17.4 Å². The number of aromatic nitrogens is 1. The van der Waals surface area contributed by atoms with Crippen LogP contribution in [0.1, 0.15) is 11.1 Å². The molecule has 23 heavy (non-hydrogen) atoms. The SMILES string of the molecule is C=C1NCc2cc(-c3ccc(-c4cnc(F)c(N)c4)s3)ccc21. The number of nitrogen functional groups attached to an aromatic ring is 1. The lowest BCUT2D eigenvalue weighted by Crippen LogP contribution is -1.98. The second-order valence-electron chi connectivity index (χ2n) is 5.47. The van der Waals surface area contributed by atoms with E-state index >= 15 is 0 Å². The van der Waals surface area contributed by atoms with Crippen LogP contribution in [0.3, 0.4) is 0 Å². The molecule has 3 nitrogen and oxygen atoms in total. The van der Waals surface area contributed by atoms with Crippen LogP contribution in [0, 0.1) is 5.95 Å². The lowest BCUT2D eigenvalue weighted by atomic mass is 10.0. The van der Waals surface area contributed by atoms with Gasteiger partial charge in [0.25, 0.3) is 0 Å². The summed E-state index contributed by atoms with van der Waals surface area (Å²) in [7, 11) is 0. The van der Waals surface area contributed by atoms with Crippen LogP contribution in [0.25, 0.3) is 26.6 Å². The van der Waals surface area contributed by atoms with E-state index in [1.165, 1.54) is 22.9 Å². The van der Waals surface area contributed by atoms with Gasteiger partial charge in [0.1, 0.15) is 0 Å². The quantitative estimate of drug-likeness (QED) is 0.692. The maximum atomic E-state index is 13.2.